The normalized spacial score (nSPS) is 9.82. The molecule has 0 saturated heterocycles. The lowest BCUT2D eigenvalue weighted by molar-refractivity contribution is -0.135. The number of carboxylic acid groups (broad SMARTS) is 1. The Morgan fingerprint density at radius 1 is 1.29 bits per heavy atom. The van der Waals surface area contributed by atoms with E-state index in [2.05, 4.69) is 15.9 Å². The molecule has 0 fully saturated rings. The Morgan fingerprint density at radius 3 is 2.53 bits per heavy atom. The van der Waals surface area contributed by atoms with E-state index in [-0.39, 0.29) is 10.2 Å². The molecule has 5 nitrogen and oxygen atoms in total. The van der Waals surface area contributed by atoms with Crippen LogP contribution < -0.4 is 10.6 Å². The van der Waals surface area contributed by atoms with Gasteiger partial charge in [0.2, 0.25) is 0 Å². The Bertz CT molecular complexity index is 468. The molecule has 0 heterocycles. The van der Waals surface area contributed by atoms with Crippen molar-refractivity contribution in [1.29, 1.82) is 0 Å². The average molecular weight is 309 g/mol. The first-order valence-electron chi connectivity index (χ1n) is 4.31. The van der Waals surface area contributed by atoms with Crippen molar-refractivity contribution < 1.29 is 23.5 Å². The summed E-state index contributed by atoms with van der Waals surface area (Å²) in [4.78, 5) is 21.3. The second-order valence-electron chi connectivity index (χ2n) is 2.95. The Kier molecular flexibility index (Phi) is 4.38. The van der Waals surface area contributed by atoms with Crippen LogP contribution in [-0.2, 0) is 4.79 Å². The zero-order chi connectivity index (χ0) is 13.0. The summed E-state index contributed by atoms with van der Waals surface area (Å²) in [6.45, 7) is -0.601. The van der Waals surface area contributed by atoms with Gasteiger partial charge in [-0.2, -0.15) is 0 Å². The maximum Gasteiger partial charge on any atom is 0.323 e. The monoisotopic (exact) mass is 308 g/mol. The number of aliphatic carboxylic acids is 1. The molecule has 8 heteroatoms. The summed E-state index contributed by atoms with van der Waals surface area (Å²) < 4.78 is 26.0. The molecule has 0 aromatic heterocycles. The summed E-state index contributed by atoms with van der Waals surface area (Å²) in [5, 5.41) is 12.3. The van der Waals surface area contributed by atoms with E-state index in [9.17, 15) is 18.4 Å². The van der Waals surface area contributed by atoms with Gasteiger partial charge in [0.15, 0.2) is 0 Å². The Balaban J connectivity index is 2.71. The summed E-state index contributed by atoms with van der Waals surface area (Å²) >= 11 is 2.82. The molecule has 0 bridgehead atoms. The first kappa shape index (κ1) is 13.4. The van der Waals surface area contributed by atoms with E-state index in [0.29, 0.717) is 6.07 Å². The Hall–Kier alpha value is -1.70. The van der Waals surface area contributed by atoms with E-state index in [1.807, 2.05) is 10.6 Å². The fourth-order valence-electron chi connectivity index (χ4n) is 0.941. The number of nitrogens with one attached hydrogen (secondary N) is 2. The fraction of sp³-hybridized carbons (Fsp3) is 0.111. The highest BCUT2D eigenvalue weighted by molar-refractivity contribution is 9.10. The van der Waals surface area contributed by atoms with Gasteiger partial charge in [0.25, 0.3) is 0 Å². The van der Waals surface area contributed by atoms with Crippen LogP contribution in [0.4, 0.5) is 19.3 Å². The number of carbonyl (C=O) groups excluding carboxylic acids is 1. The van der Waals surface area contributed by atoms with Crippen LogP contribution in [0.5, 0.6) is 0 Å². The Labute approximate surface area is 103 Å². The average Bonchev–Trinajstić information content (AvgIpc) is 2.23. The summed E-state index contributed by atoms with van der Waals surface area (Å²) in [6, 6.07) is 0.729. The molecule has 1 rings (SSSR count). The predicted octanol–water partition coefficient (Wildman–Crippen LogP) is 1.93. The first-order valence-corrected chi connectivity index (χ1v) is 5.10. The Morgan fingerprint density at radius 2 is 1.94 bits per heavy atom. The van der Waals surface area contributed by atoms with Gasteiger partial charge in [0.05, 0.1) is 10.2 Å². The van der Waals surface area contributed by atoms with Crippen LogP contribution in [0.25, 0.3) is 0 Å². The number of halogens is 3. The third-order valence-electron chi connectivity index (χ3n) is 1.66. The molecule has 0 atom stereocenters. The number of hydrogen-bond acceptors (Lipinski definition) is 2. The van der Waals surface area contributed by atoms with E-state index in [4.69, 9.17) is 5.11 Å². The minimum absolute atomic E-state index is 0.0209. The summed E-state index contributed by atoms with van der Waals surface area (Å²) in [6.07, 6.45) is 0. The SMILES string of the molecule is O=C(O)CNC(=O)Nc1cc(Br)c(F)cc1F. The van der Waals surface area contributed by atoms with Crippen LogP contribution >= 0.6 is 15.9 Å². The molecule has 3 N–H and O–H groups in total. The van der Waals surface area contributed by atoms with E-state index >= 15 is 0 Å². The van der Waals surface area contributed by atoms with E-state index < -0.39 is 30.2 Å². The van der Waals surface area contributed by atoms with Crippen molar-refractivity contribution in [2.24, 2.45) is 0 Å². The molecule has 0 aliphatic heterocycles. The molecule has 2 amide bonds. The minimum Gasteiger partial charge on any atom is -0.480 e. The molecule has 92 valence electrons. The summed E-state index contributed by atoms with van der Waals surface area (Å²) in [7, 11) is 0. The van der Waals surface area contributed by atoms with Crippen molar-refractivity contribution in [3.8, 4) is 0 Å². The van der Waals surface area contributed by atoms with Gasteiger partial charge < -0.3 is 15.7 Å². The third-order valence-corrected chi connectivity index (χ3v) is 2.27. The third kappa shape index (κ3) is 3.99. The van der Waals surface area contributed by atoms with Crippen molar-refractivity contribution in [1.82, 2.24) is 5.32 Å². The lowest BCUT2D eigenvalue weighted by Gasteiger charge is -2.07. The van der Waals surface area contributed by atoms with E-state index in [1.54, 1.807) is 0 Å². The molecule has 0 radical (unpaired) electrons. The maximum absolute atomic E-state index is 13.2. The van der Waals surface area contributed by atoms with Crippen molar-refractivity contribution in [2.75, 3.05) is 11.9 Å². The van der Waals surface area contributed by atoms with Gasteiger partial charge in [-0.3, -0.25) is 4.79 Å². The minimum atomic E-state index is -1.24. The molecule has 0 spiro atoms. The van der Waals surface area contributed by atoms with Crippen LogP contribution in [0, 0.1) is 11.6 Å². The highest BCUT2D eigenvalue weighted by Crippen LogP contribution is 2.23. The zero-order valence-corrected chi connectivity index (χ0v) is 9.85. The molecule has 1 aromatic carbocycles. The van der Waals surface area contributed by atoms with Crippen molar-refractivity contribution in [3.05, 3.63) is 28.2 Å². The molecule has 0 unspecified atom stereocenters. The number of carboxylic acids is 1. The number of amides is 2. The number of anilines is 1. The van der Waals surface area contributed by atoms with Gasteiger partial charge >= 0.3 is 12.0 Å². The van der Waals surface area contributed by atoms with Gasteiger partial charge in [-0.15, -0.1) is 0 Å². The number of benzene rings is 1. The molecular weight excluding hydrogens is 302 g/mol. The molecule has 1 aromatic rings. The van der Waals surface area contributed by atoms with Crippen molar-refractivity contribution in [3.63, 3.8) is 0 Å². The smallest absolute Gasteiger partial charge is 0.323 e. The van der Waals surface area contributed by atoms with Crippen LogP contribution in [0.3, 0.4) is 0 Å². The predicted molar refractivity (Wildman–Crippen MR) is 58.7 cm³/mol. The standard InChI is InChI=1S/C9H7BrF2N2O3/c10-4-1-7(6(12)2-5(4)11)14-9(17)13-3-8(15)16/h1-2H,3H2,(H,15,16)(H2,13,14,17). The molecule has 17 heavy (non-hydrogen) atoms. The van der Waals surface area contributed by atoms with Crippen LogP contribution in [0.2, 0.25) is 0 Å². The second-order valence-corrected chi connectivity index (χ2v) is 3.80. The molecule has 0 aliphatic carbocycles. The molecular formula is C9H7BrF2N2O3. The van der Waals surface area contributed by atoms with Gasteiger partial charge in [0, 0.05) is 6.07 Å². The number of rotatable bonds is 3. The van der Waals surface area contributed by atoms with Gasteiger partial charge in [-0.1, -0.05) is 0 Å². The molecule has 0 saturated carbocycles. The lowest BCUT2D eigenvalue weighted by Crippen LogP contribution is -2.33. The zero-order valence-electron chi connectivity index (χ0n) is 8.26. The van der Waals surface area contributed by atoms with Crippen molar-refractivity contribution >= 4 is 33.6 Å². The van der Waals surface area contributed by atoms with Crippen molar-refractivity contribution in [2.45, 2.75) is 0 Å². The number of carbonyl (C=O) groups is 2. The lowest BCUT2D eigenvalue weighted by atomic mass is 10.3. The van der Waals surface area contributed by atoms with Gasteiger partial charge in [-0.05, 0) is 22.0 Å². The largest absolute Gasteiger partial charge is 0.480 e. The number of urea groups is 1. The van der Waals surface area contributed by atoms with Crippen LogP contribution in [0.1, 0.15) is 0 Å². The van der Waals surface area contributed by atoms with Gasteiger partial charge in [-0.25, -0.2) is 13.6 Å². The highest BCUT2D eigenvalue weighted by atomic mass is 79.9. The maximum atomic E-state index is 13.2. The fourth-order valence-corrected chi connectivity index (χ4v) is 1.28. The second kappa shape index (κ2) is 5.58. The van der Waals surface area contributed by atoms with Gasteiger partial charge in [0.1, 0.15) is 18.2 Å². The topological polar surface area (TPSA) is 78.4 Å². The van der Waals surface area contributed by atoms with Crippen LogP contribution in [0.15, 0.2) is 16.6 Å². The summed E-state index contributed by atoms with van der Waals surface area (Å²) in [5.74, 6) is -3.00. The quantitative estimate of drug-likeness (QED) is 0.747. The van der Waals surface area contributed by atoms with E-state index in [1.165, 1.54) is 0 Å². The van der Waals surface area contributed by atoms with E-state index in [0.717, 1.165) is 6.07 Å². The summed E-state index contributed by atoms with van der Waals surface area (Å²) in [5.41, 5.74) is -0.263. The molecule has 0 aliphatic rings. The highest BCUT2D eigenvalue weighted by Gasteiger charge is 2.11. The van der Waals surface area contributed by atoms with Crippen LogP contribution in [-0.4, -0.2) is 23.7 Å². The number of hydrogen-bond donors (Lipinski definition) is 3. The first-order chi connectivity index (χ1) is 7.90.